The number of pyridine rings is 1. The van der Waals surface area contributed by atoms with Crippen LogP contribution >= 0.6 is 0 Å². The number of hydrogen-bond acceptors (Lipinski definition) is 7. The van der Waals surface area contributed by atoms with Crippen molar-refractivity contribution in [2.24, 2.45) is 5.92 Å². The quantitative estimate of drug-likeness (QED) is 0.639. The third kappa shape index (κ3) is 4.82. The molecule has 7 heteroatoms. The minimum absolute atomic E-state index is 0.00671. The second-order valence-corrected chi connectivity index (χ2v) is 6.67. The first-order valence-electron chi connectivity index (χ1n) is 8.97. The van der Waals surface area contributed by atoms with E-state index in [0.29, 0.717) is 12.4 Å². The van der Waals surface area contributed by atoms with Crippen molar-refractivity contribution in [3.05, 3.63) is 59.9 Å². The molecule has 1 aliphatic rings. The van der Waals surface area contributed by atoms with Crippen LogP contribution in [0.3, 0.4) is 0 Å². The fourth-order valence-electron chi connectivity index (χ4n) is 3.47. The maximum atomic E-state index is 12.0. The molecule has 1 aliphatic heterocycles. The van der Waals surface area contributed by atoms with Crippen LogP contribution in [0, 0.1) is 5.92 Å². The lowest BCUT2D eigenvalue weighted by atomic mass is 9.79. The minimum Gasteiger partial charge on any atom is -0.487 e. The molecular weight excluding hydrogens is 346 g/mol. The fourth-order valence-corrected chi connectivity index (χ4v) is 3.47. The van der Waals surface area contributed by atoms with Crippen LogP contribution in [0.25, 0.3) is 0 Å². The Balaban J connectivity index is 1.80. The molecular formula is C20H25N3O4. The molecule has 2 heterocycles. The molecule has 0 spiro atoms. The number of aliphatic hydroxyl groups is 1. The molecule has 0 aliphatic carbocycles. The largest absolute Gasteiger partial charge is 0.487 e. The van der Waals surface area contributed by atoms with Crippen molar-refractivity contribution in [1.82, 2.24) is 15.8 Å². The van der Waals surface area contributed by atoms with E-state index in [2.05, 4.69) is 15.8 Å². The van der Waals surface area contributed by atoms with E-state index >= 15 is 0 Å². The van der Waals surface area contributed by atoms with Gasteiger partial charge >= 0.3 is 5.97 Å². The molecule has 0 radical (unpaired) electrons. The highest BCUT2D eigenvalue weighted by atomic mass is 16.5. The fraction of sp³-hybridized carbons (Fsp3) is 0.400. The second-order valence-electron chi connectivity index (χ2n) is 6.67. The molecule has 0 bridgehead atoms. The summed E-state index contributed by atoms with van der Waals surface area (Å²) < 4.78 is 10.7. The van der Waals surface area contributed by atoms with Gasteiger partial charge in [-0.25, -0.2) is 5.43 Å². The van der Waals surface area contributed by atoms with E-state index in [1.165, 1.54) is 7.11 Å². The van der Waals surface area contributed by atoms with Gasteiger partial charge in [-0.3, -0.25) is 15.2 Å². The average Bonchev–Trinajstić information content (AvgIpc) is 3.03. The van der Waals surface area contributed by atoms with Gasteiger partial charge in [-0.1, -0.05) is 18.2 Å². The molecule has 1 aromatic carbocycles. The summed E-state index contributed by atoms with van der Waals surface area (Å²) in [6.07, 6.45) is 1.15. The number of esters is 1. The van der Waals surface area contributed by atoms with E-state index < -0.39 is 6.23 Å². The lowest BCUT2D eigenvalue weighted by Crippen LogP contribution is -2.33. The maximum absolute atomic E-state index is 12.0. The Hall–Kier alpha value is -2.48. The van der Waals surface area contributed by atoms with Crippen LogP contribution in [0.2, 0.25) is 0 Å². The Bertz CT molecular complexity index is 746. The first kappa shape index (κ1) is 19.3. The maximum Gasteiger partial charge on any atom is 0.306 e. The number of nitrogens with one attached hydrogen (secondary N) is 2. The Labute approximate surface area is 158 Å². The van der Waals surface area contributed by atoms with Crippen LogP contribution in [-0.4, -0.2) is 35.4 Å². The predicted molar refractivity (Wildman–Crippen MR) is 99.6 cm³/mol. The summed E-state index contributed by atoms with van der Waals surface area (Å²) >= 11 is 0. The van der Waals surface area contributed by atoms with E-state index in [-0.39, 0.29) is 30.3 Å². The highest BCUT2D eigenvalue weighted by Gasteiger charge is 2.39. The van der Waals surface area contributed by atoms with Crippen molar-refractivity contribution in [2.45, 2.75) is 38.1 Å². The van der Waals surface area contributed by atoms with Crippen molar-refractivity contribution in [2.75, 3.05) is 7.11 Å². The van der Waals surface area contributed by atoms with Gasteiger partial charge in [-0.15, -0.1) is 0 Å². The van der Waals surface area contributed by atoms with Crippen LogP contribution in [-0.2, 0) is 16.1 Å². The van der Waals surface area contributed by atoms with Crippen molar-refractivity contribution in [3.8, 4) is 5.75 Å². The standard InChI is InChI=1S/C20H25N3O4/c1-13-19(20(25)23-22-13)17(11-18(24)26-2)14-6-5-8-16(10-14)27-12-15-7-3-4-9-21-15/h3-10,13,17,19-20,22-23,25H,11-12H2,1-2H3. The lowest BCUT2D eigenvalue weighted by molar-refractivity contribution is -0.141. The predicted octanol–water partition coefficient (Wildman–Crippen LogP) is 1.74. The van der Waals surface area contributed by atoms with Gasteiger partial charge in [-0.2, -0.15) is 0 Å². The molecule has 3 N–H and O–H groups in total. The summed E-state index contributed by atoms with van der Waals surface area (Å²) in [7, 11) is 1.37. The van der Waals surface area contributed by atoms with Gasteiger partial charge in [0.15, 0.2) is 0 Å². The summed E-state index contributed by atoms with van der Waals surface area (Å²) in [6, 6.07) is 13.3. The van der Waals surface area contributed by atoms with E-state index in [9.17, 15) is 9.90 Å². The average molecular weight is 371 g/mol. The third-order valence-electron chi connectivity index (χ3n) is 4.88. The summed E-state index contributed by atoms with van der Waals surface area (Å²) in [5, 5.41) is 10.3. The van der Waals surface area contributed by atoms with Crippen molar-refractivity contribution < 1.29 is 19.4 Å². The summed E-state index contributed by atoms with van der Waals surface area (Å²) in [6.45, 7) is 2.33. The number of hydrazine groups is 1. The minimum atomic E-state index is -0.757. The smallest absolute Gasteiger partial charge is 0.306 e. The zero-order chi connectivity index (χ0) is 19.2. The Kier molecular flexibility index (Phi) is 6.39. The van der Waals surface area contributed by atoms with Crippen LogP contribution in [0.5, 0.6) is 5.75 Å². The van der Waals surface area contributed by atoms with Crippen LogP contribution in [0.15, 0.2) is 48.7 Å². The van der Waals surface area contributed by atoms with Crippen LogP contribution < -0.4 is 15.6 Å². The van der Waals surface area contributed by atoms with Gasteiger partial charge in [0.25, 0.3) is 0 Å². The number of rotatable bonds is 7. The first-order chi connectivity index (χ1) is 13.1. The molecule has 144 valence electrons. The second kappa shape index (κ2) is 8.94. The summed E-state index contributed by atoms with van der Waals surface area (Å²) in [5.41, 5.74) is 7.62. The molecule has 0 amide bonds. The number of nitrogens with zero attached hydrogens (tertiary/aromatic N) is 1. The van der Waals surface area contributed by atoms with E-state index in [1.54, 1.807) is 6.20 Å². The SMILES string of the molecule is COC(=O)CC(c1cccc(OCc2ccccn2)c1)C1C(C)NNC1O. The van der Waals surface area contributed by atoms with E-state index in [4.69, 9.17) is 9.47 Å². The molecule has 1 aromatic heterocycles. The summed E-state index contributed by atoms with van der Waals surface area (Å²) in [5.74, 6) is -0.0290. The van der Waals surface area contributed by atoms with Crippen molar-refractivity contribution >= 4 is 5.97 Å². The number of carbonyl (C=O) groups excluding carboxylic acids is 1. The van der Waals surface area contributed by atoms with E-state index in [1.807, 2.05) is 49.4 Å². The zero-order valence-electron chi connectivity index (χ0n) is 15.5. The molecule has 27 heavy (non-hydrogen) atoms. The van der Waals surface area contributed by atoms with Crippen molar-refractivity contribution in [3.63, 3.8) is 0 Å². The Morgan fingerprint density at radius 1 is 1.26 bits per heavy atom. The first-order valence-corrected chi connectivity index (χ1v) is 8.97. The number of benzene rings is 1. The third-order valence-corrected chi connectivity index (χ3v) is 4.88. The van der Waals surface area contributed by atoms with Gasteiger partial charge in [0.05, 0.1) is 19.2 Å². The summed E-state index contributed by atoms with van der Waals surface area (Å²) in [4.78, 5) is 16.2. The highest BCUT2D eigenvalue weighted by Crippen LogP contribution is 2.36. The molecule has 1 saturated heterocycles. The normalized spacial score (nSPS) is 23.0. The highest BCUT2D eigenvalue weighted by molar-refractivity contribution is 5.70. The van der Waals surface area contributed by atoms with Gasteiger partial charge in [0.1, 0.15) is 18.6 Å². The van der Waals surface area contributed by atoms with Gasteiger partial charge in [0, 0.05) is 24.1 Å². The zero-order valence-corrected chi connectivity index (χ0v) is 15.5. The molecule has 3 rings (SSSR count). The number of aliphatic hydroxyl groups excluding tert-OH is 1. The number of methoxy groups -OCH3 is 1. The molecule has 1 fully saturated rings. The van der Waals surface area contributed by atoms with E-state index in [0.717, 1.165) is 11.3 Å². The molecule has 4 unspecified atom stereocenters. The topological polar surface area (TPSA) is 92.7 Å². The monoisotopic (exact) mass is 371 g/mol. The van der Waals surface area contributed by atoms with Crippen molar-refractivity contribution in [1.29, 1.82) is 0 Å². The van der Waals surface area contributed by atoms with Crippen LogP contribution in [0.4, 0.5) is 0 Å². The number of aromatic nitrogens is 1. The molecule has 7 nitrogen and oxygen atoms in total. The molecule has 0 saturated carbocycles. The number of carbonyl (C=O) groups is 1. The van der Waals surface area contributed by atoms with Gasteiger partial charge in [0.2, 0.25) is 0 Å². The number of ether oxygens (including phenoxy) is 2. The Morgan fingerprint density at radius 2 is 2.11 bits per heavy atom. The van der Waals surface area contributed by atoms with Gasteiger partial charge in [-0.05, 0) is 36.8 Å². The molecule has 4 atom stereocenters. The van der Waals surface area contributed by atoms with Crippen LogP contribution in [0.1, 0.15) is 30.5 Å². The number of hydrogen-bond donors (Lipinski definition) is 3. The molecule has 2 aromatic rings. The van der Waals surface area contributed by atoms with Gasteiger partial charge < -0.3 is 14.6 Å². The Morgan fingerprint density at radius 3 is 2.78 bits per heavy atom. The lowest BCUT2D eigenvalue weighted by Gasteiger charge is -2.27.